The fourth-order valence-electron chi connectivity index (χ4n) is 3.25. The number of aryl methyl sites for hydroxylation is 3. The number of hydrogen-bond donors (Lipinski definition) is 0. The molecule has 2 heterocycles. The first-order chi connectivity index (χ1) is 10.4. The third-order valence-electron chi connectivity index (χ3n) is 4.31. The highest BCUT2D eigenvalue weighted by molar-refractivity contribution is 7.89. The molecule has 0 bridgehead atoms. The number of nitrogens with zero attached hydrogens (tertiary/aromatic N) is 2. The Morgan fingerprint density at radius 2 is 1.95 bits per heavy atom. The molecule has 1 aromatic carbocycles. The molecule has 5 nitrogen and oxygen atoms in total. The first-order valence-electron chi connectivity index (χ1n) is 7.43. The molecule has 2 aromatic rings. The molecule has 1 atom stereocenters. The van der Waals surface area contributed by atoms with Gasteiger partial charge in [0.25, 0.3) is 0 Å². The maximum Gasteiger partial charge on any atom is 0.243 e. The smallest absolute Gasteiger partial charge is 0.243 e. The van der Waals surface area contributed by atoms with Gasteiger partial charge < -0.3 is 4.52 Å². The standard InChI is InChI=1S/C16H20N2O3S/c1-11-7-4-5-9-15(11)22(19,20)18-10-6-8-14(18)16-12(2)17-21-13(16)3/h4-5,7,9,14H,6,8,10H2,1-3H3/t14-/m1/s1. The Morgan fingerprint density at radius 3 is 2.59 bits per heavy atom. The second-order valence-corrected chi connectivity index (χ2v) is 7.64. The third-order valence-corrected chi connectivity index (χ3v) is 6.37. The van der Waals surface area contributed by atoms with Crippen molar-refractivity contribution >= 4 is 10.0 Å². The van der Waals surface area contributed by atoms with Crippen molar-refractivity contribution in [2.45, 2.75) is 44.6 Å². The number of rotatable bonds is 3. The number of sulfonamides is 1. The lowest BCUT2D eigenvalue weighted by Crippen LogP contribution is -2.31. The molecule has 1 saturated heterocycles. The fraction of sp³-hybridized carbons (Fsp3) is 0.438. The maximum atomic E-state index is 13.1. The van der Waals surface area contributed by atoms with Crippen LogP contribution in [0.2, 0.25) is 0 Å². The van der Waals surface area contributed by atoms with Crippen molar-refractivity contribution < 1.29 is 12.9 Å². The van der Waals surface area contributed by atoms with E-state index in [9.17, 15) is 8.42 Å². The average molecular weight is 320 g/mol. The summed E-state index contributed by atoms with van der Waals surface area (Å²) in [4.78, 5) is 0.383. The molecular weight excluding hydrogens is 300 g/mol. The van der Waals surface area contributed by atoms with Crippen LogP contribution in [0.15, 0.2) is 33.7 Å². The molecule has 118 valence electrons. The SMILES string of the molecule is Cc1ccccc1S(=O)(=O)N1CCC[C@@H]1c1c(C)noc1C. The van der Waals surface area contributed by atoms with E-state index in [1.54, 1.807) is 16.4 Å². The zero-order valence-electron chi connectivity index (χ0n) is 13.0. The summed E-state index contributed by atoms with van der Waals surface area (Å²) in [6, 6.07) is 6.93. The summed E-state index contributed by atoms with van der Waals surface area (Å²) in [6.45, 7) is 6.06. The predicted molar refractivity (Wildman–Crippen MR) is 83.0 cm³/mol. The van der Waals surface area contributed by atoms with Gasteiger partial charge >= 0.3 is 0 Å². The van der Waals surface area contributed by atoms with Crippen molar-refractivity contribution in [3.8, 4) is 0 Å². The van der Waals surface area contributed by atoms with Gasteiger partial charge in [0, 0.05) is 12.1 Å². The van der Waals surface area contributed by atoms with Gasteiger partial charge in [0.15, 0.2) is 0 Å². The highest BCUT2D eigenvalue weighted by Gasteiger charge is 2.39. The van der Waals surface area contributed by atoms with Gasteiger partial charge in [0.2, 0.25) is 10.0 Å². The van der Waals surface area contributed by atoms with Crippen molar-refractivity contribution in [2.24, 2.45) is 0 Å². The van der Waals surface area contributed by atoms with E-state index < -0.39 is 10.0 Å². The maximum absolute atomic E-state index is 13.1. The summed E-state index contributed by atoms with van der Waals surface area (Å²) < 4.78 is 32.9. The van der Waals surface area contributed by atoms with Gasteiger partial charge in [-0.1, -0.05) is 23.4 Å². The fourth-order valence-corrected chi connectivity index (χ4v) is 5.15. The van der Waals surface area contributed by atoms with E-state index in [0.717, 1.165) is 29.7 Å². The van der Waals surface area contributed by atoms with E-state index in [2.05, 4.69) is 5.16 Å². The van der Waals surface area contributed by atoms with E-state index in [1.807, 2.05) is 32.9 Å². The lowest BCUT2D eigenvalue weighted by molar-refractivity contribution is 0.376. The van der Waals surface area contributed by atoms with E-state index in [-0.39, 0.29) is 6.04 Å². The van der Waals surface area contributed by atoms with Crippen LogP contribution in [0.25, 0.3) is 0 Å². The first-order valence-corrected chi connectivity index (χ1v) is 8.87. The van der Waals surface area contributed by atoms with Gasteiger partial charge in [-0.15, -0.1) is 0 Å². The quantitative estimate of drug-likeness (QED) is 0.871. The zero-order chi connectivity index (χ0) is 15.9. The van der Waals surface area contributed by atoms with Crippen LogP contribution in [-0.2, 0) is 10.0 Å². The van der Waals surface area contributed by atoms with Crippen LogP contribution in [0.3, 0.4) is 0 Å². The predicted octanol–water partition coefficient (Wildman–Crippen LogP) is 3.13. The van der Waals surface area contributed by atoms with Crippen LogP contribution in [0.5, 0.6) is 0 Å². The summed E-state index contributed by atoms with van der Waals surface area (Å²) in [5.74, 6) is 0.703. The Hall–Kier alpha value is -1.66. The molecule has 1 fully saturated rings. The molecule has 3 rings (SSSR count). The first kappa shape index (κ1) is 15.2. The normalized spacial score (nSPS) is 19.7. The van der Waals surface area contributed by atoms with E-state index in [1.165, 1.54) is 0 Å². The molecule has 1 aliphatic rings. The van der Waals surface area contributed by atoms with Crippen molar-refractivity contribution in [3.05, 3.63) is 46.8 Å². The van der Waals surface area contributed by atoms with Crippen molar-refractivity contribution in [2.75, 3.05) is 6.54 Å². The summed E-state index contributed by atoms with van der Waals surface area (Å²) in [7, 11) is -3.51. The Bertz CT molecular complexity index is 776. The molecule has 6 heteroatoms. The lowest BCUT2D eigenvalue weighted by Gasteiger charge is -2.24. The largest absolute Gasteiger partial charge is 0.361 e. The molecule has 0 N–H and O–H groups in total. The Labute approximate surface area is 131 Å². The van der Waals surface area contributed by atoms with Gasteiger partial charge in [-0.3, -0.25) is 0 Å². The van der Waals surface area contributed by atoms with Crippen molar-refractivity contribution in [3.63, 3.8) is 0 Å². The molecule has 1 aliphatic heterocycles. The highest BCUT2D eigenvalue weighted by Crippen LogP contribution is 2.39. The summed E-state index contributed by atoms with van der Waals surface area (Å²) >= 11 is 0. The van der Waals surface area contributed by atoms with Gasteiger partial charge in [0.05, 0.1) is 16.6 Å². The molecular formula is C16H20N2O3S. The second kappa shape index (κ2) is 5.52. The van der Waals surface area contributed by atoms with Crippen LogP contribution in [-0.4, -0.2) is 24.4 Å². The van der Waals surface area contributed by atoms with Crippen LogP contribution in [0.1, 0.15) is 41.5 Å². The second-order valence-electron chi connectivity index (χ2n) is 5.78. The average Bonchev–Trinajstić information content (AvgIpc) is 3.06. The van der Waals surface area contributed by atoms with E-state index in [0.29, 0.717) is 17.2 Å². The number of aromatic nitrogens is 1. The third kappa shape index (κ3) is 2.36. The van der Waals surface area contributed by atoms with Crippen LogP contribution in [0, 0.1) is 20.8 Å². The van der Waals surface area contributed by atoms with E-state index >= 15 is 0 Å². The minimum absolute atomic E-state index is 0.184. The lowest BCUT2D eigenvalue weighted by atomic mass is 10.0. The van der Waals surface area contributed by atoms with Crippen LogP contribution in [0.4, 0.5) is 0 Å². The molecule has 0 unspecified atom stereocenters. The topological polar surface area (TPSA) is 63.4 Å². The molecule has 0 saturated carbocycles. The molecule has 1 aromatic heterocycles. The van der Waals surface area contributed by atoms with Crippen LogP contribution < -0.4 is 0 Å². The Morgan fingerprint density at radius 1 is 1.23 bits per heavy atom. The van der Waals surface area contributed by atoms with Gasteiger partial charge in [-0.2, -0.15) is 4.31 Å². The minimum atomic E-state index is -3.51. The van der Waals surface area contributed by atoms with Crippen molar-refractivity contribution in [1.82, 2.24) is 9.46 Å². The van der Waals surface area contributed by atoms with E-state index in [4.69, 9.17) is 4.52 Å². The minimum Gasteiger partial charge on any atom is -0.361 e. The van der Waals surface area contributed by atoms with Gasteiger partial charge in [-0.25, -0.2) is 8.42 Å². The number of hydrogen-bond acceptors (Lipinski definition) is 4. The highest BCUT2D eigenvalue weighted by atomic mass is 32.2. The summed E-state index contributed by atoms with van der Waals surface area (Å²) in [5, 5.41) is 3.97. The van der Waals surface area contributed by atoms with Crippen LogP contribution >= 0.6 is 0 Å². The molecule has 0 amide bonds. The van der Waals surface area contributed by atoms with Gasteiger partial charge in [0.1, 0.15) is 5.76 Å². The molecule has 0 radical (unpaired) electrons. The van der Waals surface area contributed by atoms with Gasteiger partial charge in [-0.05, 0) is 45.2 Å². The zero-order valence-corrected chi connectivity index (χ0v) is 13.9. The summed E-state index contributed by atoms with van der Waals surface area (Å²) in [5.41, 5.74) is 2.45. The molecule has 22 heavy (non-hydrogen) atoms. The van der Waals surface area contributed by atoms with Crippen molar-refractivity contribution in [1.29, 1.82) is 0 Å². The monoisotopic (exact) mass is 320 g/mol. The Balaban J connectivity index is 2.06. The Kier molecular flexibility index (Phi) is 3.82. The summed E-state index contributed by atoms with van der Waals surface area (Å²) in [6.07, 6.45) is 1.65. The number of benzene rings is 1. The molecule has 0 aliphatic carbocycles. The molecule has 0 spiro atoms.